The molecule has 0 unspecified atom stereocenters. The summed E-state index contributed by atoms with van der Waals surface area (Å²) in [5, 5.41) is 2.61. The summed E-state index contributed by atoms with van der Waals surface area (Å²) < 4.78 is 25.7. The van der Waals surface area contributed by atoms with Crippen molar-refractivity contribution < 1.29 is 13.6 Å². The number of carbonyl (C=O) groups excluding carboxylic acids is 1. The molecule has 0 bridgehead atoms. The van der Waals surface area contributed by atoms with E-state index in [1.165, 1.54) is 0 Å². The Balaban J connectivity index is 3.05. The second kappa shape index (κ2) is 4.08. The van der Waals surface area contributed by atoms with Crippen LogP contribution in [0.25, 0.3) is 0 Å². The molecule has 0 atom stereocenters. The molecule has 0 saturated heterocycles. The van der Waals surface area contributed by atoms with E-state index in [1.807, 2.05) is 0 Å². The van der Waals surface area contributed by atoms with Gasteiger partial charge in [-0.15, -0.1) is 0 Å². The molecule has 88 valence electrons. The van der Waals surface area contributed by atoms with Gasteiger partial charge in [0.05, 0.1) is 5.56 Å². The fraction of sp³-hybridized carbons (Fsp3) is 0.364. The average Bonchev–Trinajstić information content (AvgIpc) is 2.08. The van der Waals surface area contributed by atoms with Crippen LogP contribution in [0.3, 0.4) is 0 Å². The second-order valence-corrected chi connectivity index (χ2v) is 4.56. The third-order valence-electron chi connectivity index (χ3n) is 1.83. The van der Waals surface area contributed by atoms with Crippen LogP contribution in [0, 0.1) is 11.6 Å². The van der Waals surface area contributed by atoms with E-state index >= 15 is 0 Å². The fourth-order valence-corrected chi connectivity index (χ4v) is 1.17. The smallest absolute Gasteiger partial charge is 0.253 e. The predicted molar refractivity (Wildman–Crippen MR) is 58.0 cm³/mol. The lowest BCUT2D eigenvalue weighted by Gasteiger charge is -2.21. The molecule has 1 aromatic carbocycles. The molecule has 3 nitrogen and oxygen atoms in total. The highest BCUT2D eigenvalue weighted by Crippen LogP contribution is 2.17. The van der Waals surface area contributed by atoms with Gasteiger partial charge in [0.25, 0.3) is 5.91 Å². The van der Waals surface area contributed by atoms with Crippen LogP contribution >= 0.6 is 0 Å². The van der Waals surface area contributed by atoms with Crippen molar-refractivity contribution in [1.82, 2.24) is 5.32 Å². The zero-order valence-electron chi connectivity index (χ0n) is 9.40. The van der Waals surface area contributed by atoms with Crippen LogP contribution in [0.1, 0.15) is 31.1 Å². The van der Waals surface area contributed by atoms with Gasteiger partial charge in [0.15, 0.2) is 11.6 Å². The molecule has 0 saturated carbocycles. The van der Waals surface area contributed by atoms with Crippen molar-refractivity contribution in [1.29, 1.82) is 0 Å². The topological polar surface area (TPSA) is 55.1 Å². The standard InChI is InChI=1S/C11H14F2N2O/c1-11(2,3)15-10(16)6-4-7(12)8(13)5-9(6)14/h4-5H,14H2,1-3H3,(H,15,16). The molecule has 0 aromatic heterocycles. The van der Waals surface area contributed by atoms with Crippen molar-refractivity contribution in [2.45, 2.75) is 26.3 Å². The third kappa shape index (κ3) is 2.92. The molecule has 3 N–H and O–H groups in total. The van der Waals surface area contributed by atoms with Crippen LogP contribution in [-0.2, 0) is 0 Å². The summed E-state index contributed by atoms with van der Waals surface area (Å²) in [6.45, 7) is 5.34. The van der Waals surface area contributed by atoms with E-state index in [-0.39, 0.29) is 11.3 Å². The van der Waals surface area contributed by atoms with E-state index in [0.29, 0.717) is 0 Å². The number of halogens is 2. The van der Waals surface area contributed by atoms with Gasteiger partial charge in [-0.1, -0.05) is 0 Å². The maximum atomic E-state index is 12.9. The molecule has 0 radical (unpaired) electrons. The molecular formula is C11H14F2N2O. The van der Waals surface area contributed by atoms with E-state index < -0.39 is 23.1 Å². The Labute approximate surface area is 92.6 Å². The zero-order valence-corrected chi connectivity index (χ0v) is 9.40. The van der Waals surface area contributed by atoms with Crippen molar-refractivity contribution in [2.24, 2.45) is 0 Å². The Morgan fingerprint density at radius 2 is 1.75 bits per heavy atom. The number of amides is 1. The average molecular weight is 228 g/mol. The molecule has 0 aliphatic heterocycles. The quantitative estimate of drug-likeness (QED) is 0.723. The van der Waals surface area contributed by atoms with Crippen LogP contribution in [0.15, 0.2) is 12.1 Å². The van der Waals surface area contributed by atoms with Crippen LogP contribution in [0.4, 0.5) is 14.5 Å². The molecule has 1 rings (SSSR count). The SMILES string of the molecule is CC(C)(C)NC(=O)c1cc(F)c(F)cc1N. The first-order valence-electron chi connectivity index (χ1n) is 4.78. The lowest BCUT2D eigenvalue weighted by Crippen LogP contribution is -2.40. The summed E-state index contributed by atoms with van der Waals surface area (Å²) in [5.74, 6) is -2.68. The van der Waals surface area contributed by atoms with E-state index in [2.05, 4.69) is 5.32 Å². The molecular weight excluding hydrogens is 214 g/mol. The molecule has 1 amide bonds. The Bertz CT molecular complexity index is 425. The summed E-state index contributed by atoms with van der Waals surface area (Å²) in [7, 11) is 0. The van der Waals surface area contributed by atoms with Crippen LogP contribution in [-0.4, -0.2) is 11.4 Å². The highest BCUT2D eigenvalue weighted by Gasteiger charge is 2.19. The summed E-state index contributed by atoms with van der Waals surface area (Å²) in [4.78, 5) is 11.7. The van der Waals surface area contributed by atoms with Gasteiger partial charge in [0.1, 0.15) is 0 Å². The molecule has 0 heterocycles. The highest BCUT2D eigenvalue weighted by molar-refractivity contribution is 5.99. The number of benzene rings is 1. The van der Waals surface area contributed by atoms with Gasteiger partial charge in [0.2, 0.25) is 0 Å². The molecule has 16 heavy (non-hydrogen) atoms. The number of nitrogens with one attached hydrogen (secondary N) is 1. The monoisotopic (exact) mass is 228 g/mol. The van der Waals surface area contributed by atoms with Crippen molar-refractivity contribution in [3.63, 3.8) is 0 Å². The Kier molecular flexibility index (Phi) is 3.16. The Morgan fingerprint density at radius 3 is 2.25 bits per heavy atom. The number of hydrogen-bond donors (Lipinski definition) is 2. The third-order valence-corrected chi connectivity index (χ3v) is 1.83. The number of nitrogens with two attached hydrogens (primary N) is 1. The minimum Gasteiger partial charge on any atom is -0.398 e. The van der Waals surface area contributed by atoms with Crippen LogP contribution in [0.5, 0.6) is 0 Å². The summed E-state index contributed by atoms with van der Waals surface area (Å²) in [5.41, 5.74) is 4.83. The van der Waals surface area contributed by atoms with Crippen LogP contribution < -0.4 is 11.1 Å². The van der Waals surface area contributed by atoms with E-state index in [4.69, 9.17) is 5.73 Å². The van der Waals surface area contributed by atoms with E-state index in [0.717, 1.165) is 12.1 Å². The van der Waals surface area contributed by atoms with Gasteiger partial charge < -0.3 is 11.1 Å². The summed E-state index contributed by atoms with van der Waals surface area (Å²) in [6, 6.07) is 1.60. The van der Waals surface area contributed by atoms with E-state index in [1.54, 1.807) is 20.8 Å². The van der Waals surface area contributed by atoms with Crippen molar-refractivity contribution >= 4 is 11.6 Å². The number of carbonyl (C=O) groups is 1. The highest BCUT2D eigenvalue weighted by atomic mass is 19.2. The Hall–Kier alpha value is -1.65. The number of hydrogen-bond acceptors (Lipinski definition) is 2. The van der Waals surface area contributed by atoms with Gasteiger partial charge in [0, 0.05) is 17.3 Å². The van der Waals surface area contributed by atoms with Gasteiger partial charge in [-0.3, -0.25) is 4.79 Å². The van der Waals surface area contributed by atoms with Gasteiger partial charge in [-0.25, -0.2) is 8.78 Å². The lowest BCUT2D eigenvalue weighted by atomic mass is 10.1. The second-order valence-electron chi connectivity index (χ2n) is 4.56. The minimum atomic E-state index is -1.09. The number of rotatable bonds is 1. The first kappa shape index (κ1) is 12.4. The molecule has 0 aliphatic rings. The molecule has 0 spiro atoms. The van der Waals surface area contributed by atoms with Gasteiger partial charge in [-0.2, -0.15) is 0 Å². The largest absolute Gasteiger partial charge is 0.398 e. The van der Waals surface area contributed by atoms with E-state index in [9.17, 15) is 13.6 Å². The van der Waals surface area contributed by atoms with Crippen molar-refractivity contribution in [3.8, 4) is 0 Å². The predicted octanol–water partition coefficient (Wildman–Crippen LogP) is 2.08. The van der Waals surface area contributed by atoms with Crippen molar-refractivity contribution in [2.75, 3.05) is 5.73 Å². The first-order chi connectivity index (χ1) is 7.20. The minimum absolute atomic E-state index is 0.0613. The molecule has 0 aliphatic carbocycles. The lowest BCUT2D eigenvalue weighted by molar-refractivity contribution is 0.0920. The maximum Gasteiger partial charge on any atom is 0.253 e. The molecule has 5 heteroatoms. The fourth-order valence-electron chi connectivity index (χ4n) is 1.17. The molecule has 1 aromatic rings. The number of nitrogen functional groups attached to an aromatic ring is 1. The summed E-state index contributed by atoms with van der Waals surface area (Å²) in [6.07, 6.45) is 0. The van der Waals surface area contributed by atoms with Crippen LogP contribution in [0.2, 0.25) is 0 Å². The van der Waals surface area contributed by atoms with Crippen molar-refractivity contribution in [3.05, 3.63) is 29.3 Å². The summed E-state index contributed by atoms with van der Waals surface area (Å²) >= 11 is 0. The molecule has 0 fully saturated rings. The zero-order chi connectivity index (χ0) is 12.5. The Morgan fingerprint density at radius 1 is 1.25 bits per heavy atom. The first-order valence-corrected chi connectivity index (χ1v) is 4.78. The van der Waals surface area contributed by atoms with Gasteiger partial charge >= 0.3 is 0 Å². The maximum absolute atomic E-state index is 12.9. The number of anilines is 1. The van der Waals surface area contributed by atoms with Gasteiger partial charge in [-0.05, 0) is 26.8 Å². The normalized spacial score (nSPS) is 11.3.